The van der Waals surface area contributed by atoms with Crippen LogP contribution < -0.4 is 5.63 Å². The van der Waals surface area contributed by atoms with E-state index in [0.717, 1.165) is 11.1 Å². The zero-order valence-corrected chi connectivity index (χ0v) is 15.0. The predicted molar refractivity (Wildman–Crippen MR) is 91.8 cm³/mol. The van der Waals surface area contributed by atoms with Crippen molar-refractivity contribution >= 4 is 11.1 Å². The van der Waals surface area contributed by atoms with E-state index in [1.54, 1.807) is 0 Å². The van der Waals surface area contributed by atoms with Crippen molar-refractivity contribution in [3.63, 3.8) is 0 Å². The molecule has 3 nitrogen and oxygen atoms in total. The number of hydrogen-bond acceptors (Lipinski definition) is 3. The molecule has 0 unspecified atom stereocenters. The van der Waals surface area contributed by atoms with Crippen LogP contribution in [-0.2, 0) is 10.8 Å². The first kappa shape index (κ1) is 16.7. The van der Waals surface area contributed by atoms with E-state index < -0.39 is 0 Å². The molecule has 0 saturated heterocycles. The third-order valence-corrected chi connectivity index (χ3v) is 3.94. The second kappa shape index (κ2) is 5.22. The molecule has 2 rings (SSSR count). The Labute approximate surface area is 132 Å². The smallest absolute Gasteiger partial charge is 0.358 e. The summed E-state index contributed by atoms with van der Waals surface area (Å²) in [7, 11) is 0. The monoisotopic (exact) mass is 301 g/mol. The fourth-order valence-corrected chi connectivity index (χ4v) is 2.48. The van der Waals surface area contributed by atoms with Crippen LogP contribution in [0.3, 0.4) is 0 Å². The van der Waals surface area contributed by atoms with E-state index in [0.29, 0.717) is 11.3 Å². The van der Waals surface area contributed by atoms with Crippen LogP contribution in [0.2, 0.25) is 0 Å². The molecule has 1 heterocycles. The first-order valence-corrected chi connectivity index (χ1v) is 7.91. The highest BCUT2D eigenvalue weighted by atomic mass is 16.4. The van der Waals surface area contributed by atoms with E-state index in [2.05, 4.69) is 58.7 Å². The standard InChI is InChI=1S/C19H27NO2/c1-11(2)15-17(21)22-16-13(19(6,7)8)9-12(18(3,4)5)10-14(16)20-15/h9-11H,1-8H3. The minimum Gasteiger partial charge on any atom is -0.419 e. The molecule has 1 aromatic heterocycles. The van der Waals surface area contributed by atoms with E-state index in [-0.39, 0.29) is 22.4 Å². The highest BCUT2D eigenvalue weighted by Crippen LogP contribution is 2.34. The molecule has 0 radical (unpaired) electrons. The lowest BCUT2D eigenvalue weighted by atomic mass is 9.80. The topological polar surface area (TPSA) is 43.1 Å². The number of benzene rings is 1. The molecule has 22 heavy (non-hydrogen) atoms. The first-order valence-electron chi connectivity index (χ1n) is 7.91. The molecule has 120 valence electrons. The largest absolute Gasteiger partial charge is 0.419 e. The lowest BCUT2D eigenvalue weighted by Gasteiger charge is -2.25. The highest BCUT2D eigenvalue weighted by Gasteiger charge is 2.25. The van der Waals surface area contributed by atoms with Crippen LogP contribution in [-0.4, -0.2) is 4.98 Å². The van der Waals surface area contributed by atoms with Gasteiger partial charge in [-0.2, -0.15) is 0 Å². The Balaban J connectivity index is 2.92. The van der Waals surface area contributed by atoms with Crippen LogP contribution in [0.5, 0.6) is 0 Å². The van der Waals surface area contributed by atoms with Gasteiger partial charge in [0.05, 0.1) is 0 Å². The third kappa shape index (κ3) is 3.08. The molecule has 0 fully saturated rings. The lowest BCUT2D eigenvalue weighted by Crippen LogP contribution is -2.19. The predicted octanol–water partition coefficient (Wildman–Crippen LogP) is 4.91. The van der Waals surface area contributed by atoms with Crippen molar-refractivity contribution < 1.29 is 4.42 Å². The Morgan fingerprint density at radius 1 is 1.00 bits per heavy atom. The van der Waals surface area contributed by atoms with Crippen molar-refractivity contribution in [2.75, 3.05) is 0 Å². The second-order valence-electron chi connectivity index (χ2n) is 8.41. The second-order valence-corrected chi connectivity index (χ2v) is 8.41. The van der Waals surface area contributed by atoms with Gasteiger partial charge in [0.25, 0.3) is 0 Å². The summed E-state index contributed by atoms with van der Waals surface area (Å²) < 4.78 is 5.66. The van der Waals surface area contributed by atoms with Gasteiger partial charge in [-0.15, -0.1) is 0 Å². The van der Waals surface area contributed by atoms with Crippen LogP contribution in [0.4, 0.5) is 0 Å². The Morgan fingerprint density at radius 3 is 2.05 bits per heavy atom. The normalized spacial score (nSPS) is 13.1. The number of aromatic nitrogens is 1. The van der Waals surface area contributed by atoms with Crippen molar-refractivity contribution in [3.05, 3.63) is 39.4 Å². The van der Waals surface area contributed by atoms with Gasteiger partial charge >= 0.3 is 5.63 Å². The van der Waals surface area contributed by atoms with Crippen molar-refractivity contribution in [2.24, 2.45) is 0 Å². The fourth-order valence-electron chi connectivity index (χ4n) is 2.48. The number of nitrogens with zero attached hydrogens (tertiary/aromatic N) is 1. The van der Waals surface area contributed by atoms with Crippen LogP contribution >= 0.6 is 0 Å². The van der Waals surface area contributed by atoms with E-state index in [4.69, 9.17) is 4.42 Å². The Morgan fingerprint density at radius 2 is 1.59 bits per heavy atom. The Hall–Kier alpha value is -1.64. The maximum Gasteiger partial charge on any atom is 0.358 e. The summed E-state index contributed by atoms with van der Waals surface area (Å²) in [5.41, 5.74) is 3.72. The first-order chi connectivity index (χ1) is 9.91. The van der Waals surface area contributed by atoms with Gasteiger partial charge < -0.3 is 4.42 Å². The molecule has 0 bridgehead atoms. The minimum absolute atomic E-state index is 0.0179. The molecule has 0 aliphatic heterocycles. The number of fused-ring (bicyclic) bond motifs is 1. The van der Waals surface area contributed by atoms with Crippen molar-refractivity contribution in [1.82, 2.24) is 4.98 Å². The van der Waals surface area contributed by atoms with Crippen molar-refractivity contribution in [3.8, 4) is 0 Å². The summed E-state index contributed by atoms with van der Waals surface area (Å²) in [6, 6.07) is 4.21. The van der Waals surface area contributed by atoms with E-state index in [1.165, 1.54) is 5.56 Å². The summed E-state index contributed by atoms with van der Waals surface area (Å²) in [4.78, 5) is 16.8. The van der Waals surface area contributed by atoms with Gasteiger partial charge in [0.15, 0.2) is 5.58 Å². The minimum atomic E-state index is -0.323. The summed E-state index contributed by atoms with van der Waals surface area (Å²) >= 11 is 0. The highest BCUT2D eigenvalue weighted by molar-refractivity contribution is 5.78. The molecule has 0 amide bonds. The fraction of sp³-hybridized carbons (Fsp3) is 0.579. The van der Waals surface area contributed by atoms with E-state index in [9.17, 15) is 4.79 Å². The summed E-state index contributed by atoms with van der Waals surface area (Å²) in [5.74, 6) is 0.0528. The SMILES string of the molecule is CC(C)c1nc2cc(C(C)(C)C)cc(C(C)(C)C)c2oc1=O. The van der Waals surface area contributed by atoms with Gasteiger partial charge in [-0.3, -0.25) is 0 Å². The van der Waals surface area contributed by atoms with Crippen LogP contribution in [0.15, 0.2) is 21.3 Å². The quantitative estimate of drug-likeness (QED) is 0.752. The van der Waals surface area contributed by atoms with Gasteiger partial charge in [-0.1, -0.05) is 61.5 Å². The lowest BCUT2D eigenvalue weighted by molar-refractivity contribution is 0.508. The van der Waals surface area contributed by atoms with Gasteiger partial charge in [0.2, 0.25) is 0 Å². The van der Waals surface area contributed by atoms with Crippen LogP contribution in [0, 0.1) is 0 Å². The molecule has 0 aliphatic rings. The molecule has 0 saturated carbocycles. The van der Waals surface area contributed by atoms with Crippen LogP contribution in [0.25, 0.3) is 11.1 Å². The zero-order valence-electron chi connectivity index (χ0n) is 15.0. The Bertz CT molecular complexity index is 756. The van der Waals surface area contributed by atoms with Gasteiger partial charge in [0.1, 0.15) is 11.2 Å². The van der Waals surface area contributed by atoms with Gasteiger partial charge in [0, 0.05) is 11.5 Å². The molecule has 1 aromatic carbocycles. The summed E-state index contributed by atoms with van der Waals surface area (Å²) in [5, 5.41) is 0. The van der Waals surface area contributed by atoms with Gasteiger partial charge in [-0.25, -0.2) is 9.78 Å². The van der Waals surface area contributed by atoms with E-state index in [1.807, 2.05) is 13.8 Å². The molecule has 0 spiro atoms. The number of hydrogen-bond donors (Lipinski definition) is 0. The average Bonchev–Trinajstić information content (AvgIpc) is 2.33. The third-order valence-electron chi connectivity index (χ3n) is 3.94. The van der Waals surface area contributed by atoms with E-state index >= 15 is 0 Å². The molecule has 2 aromatic rings. The molecule has 0 N–H and O–H groups in total. The molecule has 0 atom stereocenters. The molecule has 3 heteroatoms. The zero-order chi connectivity index (χ0) is 16.9. The number of rotatable bonds is 1. The summed E-state index contributed by atoms with van der Waals surface area (Å²) in [6.45, 7) is 16.9. The molecular formula is C19H27NO2. The summed E-state index contributed by atoms with van der Waals surface area (Å²) in [6.07, 6.45) is 0. The molecular weight excluding hydrogens is 274 g/mol. The maximum atomic E-state index is 12.2. The molecule has 0 aliphatic carbocycles. The Kier molecular flexibility index (Phi) is 3.97. The maximum absolute atomic E-state index is 12.2. The average molecular weight is 301 g/mol. The van der Waals surface area contributed by atoms with Gasteiger partial charge in [-0.05, 0) is 22.5 Å². The van der Waals surface area contributed by atoms with Crippen molar-refractivity contribution in [1.29, 1.82) is 0 Å². The van der Waals surface area contributed by atoms with Crippen LogP contribution in [0.1, 0.15) is 78.1 Å². The van der Waals surface area contributed by atoms with Crippen molar-refractivity contribution in [2.45, 2.75) is 72.1 Å².